The SMILES string of the molecule is CCC(Oc1c(C)cc(C)c(C=O)c1C)C(=O)O. The van der Waals surface area contributed by atoms with Crippen LogP contribution in [0.4, 0.5) is 0 Å². The molecule has 0 amide bonds. The molecule has 1 rings (SSSR count). The maximum Gasteiger partial charge on any atom is 0.344 e. The van der Waals surface area contributed by atoms with Crippen LogP contribution in [0.3, 0.4) is 0 Å². The van der Waals surface area contributed by atoms with Gasteiger partial charge in [-0.3, -0.25) is 4.79 Å². The first kappa shape index (κ1) is 14.2. The average molecular weight is 250 g/mol. The molecule has 0 saturated heterocycles. The van der Waals surface area contributed by atoms with Crippen LogP contribution in [0, 0.1) is 20.8 Å². The van der Waals surface area contributed by atoms with Crippen LogP contribution in [0.5, 0.6) is 5.75 Å². The molecule has 0 fully saturated rings. The number of carboxylic acids is 1. The number of aliphatic carboxylic acids is 1. The van der Waals surface area contributed by atoms with Gasteiger partial charge in [-0.2, -0.15) is 0 Å². The van der Waals surface area contributed by atoms with Gasteiger partial charge in [0.1, 0.15) is 5.75 Å². The molecule has 0 bridgehead atoms. The quantitative estimate of drug-likeness (QED) is 0.816. The molecule has 18 heavy (non-hydrogen) atoms. The fourth-order valence-electron chi connectivity index (χ4n) is 2.00. The molecule has 4 heteroatoms. The number of benzene rings is 1. The van der Waals surface area contributed by atoms with Gasteiger partial charge in [-0.1, -0.05) is 13.0 Å². The predicted molar refractivity (Wildman–Crippen MR) is 68.4 cm³/mol. The lowest BCUT2D eigenvalue weighted by Crippen LogP contribution is -2.26. The summed E-state index contributed by atoms with van der Waals surface area (Å²) in [5.74, 6) is -0.499. The minimum atomic E-state index is -0.996. The smallest absolute Gasteiger partial charge is 0.344 e. The monoisotopic (exact) mass is 250 g/mol. The molecule has 1 aromatic rings. The summed E-state index contributed by atoms with van der Waals surface area (Å²) in [6, 6.07) is 1.83. The molecule has 0 heterocycles. The molecule has 1 N–H and O–H groups in total. The summed E-state index contributed by atoms with van der Waals surface area (Å²) in [6.07, 6.45) is 0.265. The molecule has 0 aliphatic rings. The molecular formula is C14H18O4. The molecule has 1 unspecified atom stereocenters. The van der Waals surface area contributed by atoms with Crippen LogP contribution in [0.1, 0.15) is 40.4 Å². The molecule has 0 aliphatic carbocycles. The highest BCUT2D eigenvalue weighted by molar-refractivity contribution is 5.81. The number of hydrogen-bond donors (Lipinski definition) is 1. The number of carbonyl (C=O) groups excluding carboxylic acids is 1. The molecule has 0 aromatic heterocycles. The van der Waals surface area contributed by atoms with E-state index in [4.69, 9.17) is 9.84 Å². The Bertz CT molecular complexity index is 477. The topological polar surface area (TPSA) is 63.6 Å². The van der Waals surface area contributed by atoms with Crippen LogP contribution in [0.25, 0.3) is 0 Å². The second kappa shape index (κ2) is 5.67. The van der Waals surface area contributed by atoms with Gasteiger partial charge >= 0.3 is 5.97 Å². The molecule has 0 saturated carbocycles. The fourth-order valence-corrected chi connectivity index (χ4v) is 2.00. The minimum Gasteiger partial charge on any atom is -0.479 e. The molecule has 1 aromatic carbocycles. The number of ether oxygens (including phenoxy) is 1. The number of aryl methyl sites for hydroxylation is 2. The zero-order chi connectivity index (χ0) is 13.9. The van der Waals surface area contributed by atoms with E-state index in [9.17, 15) is 9.59 Å². The highest BCUT2D eigenvalue weighted by Crippen LogP contribution is 2.29. The molecular weight excluding hydrogens is 232 g/mol. The van der Waals surface area contributed by atoms with Crippen LogP contribution in [0.15, 0.2) is 6.07 Å². The van der Waals surface area contributed by atoms with Gasteiger partial charge in [0.2, 0.25) is 0 Å². The largest absolute Gasteiger partial charge is 0.479 e. The lowest BCUT2D eigenvalue weighted by molar-refractivity contribution is -0.145. The third kappa shape index (κ3) is 2.70. The van der Waals surface area contributed by atoms with E-state index >= 15 is 0 Å². The molecule has 98 valence electrons. The van der Waals surface area contributed by atoms with Crippen LogP contribution in [-0.2, 0) is 4.79 Å². The van der Waals surface area contributed by atoms with Gasteiger partial charge in [0.05, 0.1) is 0 Å². The highest BCUT2D eigenvalue weighted by Gasteiger charge is 2.20. The Kier molecular flexibility index (Phi) is 4.48. The van der Waals surface area contributed by atoms with Crippen molar-refractivity contribution in [3.63, 3.8) is 0 Å². The van der Waals surface area contributed by atoms with Crippen molar-refractivity contribution in [3.05, 3.63) is 28.3 Å². The average Bonchev–Trinajstić information content (AvgIpc) is 2.28. The van der Waals surface area contributed by atoms with Crippen LogP contribution in [-0.4, -0.2) is 23.5 Å². The zero-order valence-electron chi connectivity index (χ0n) is 11.1. The van der Waals surface area contributed by atoms with Crippen molar-refractivity contribution in [2.45, 2.75) is 40.2 Å². The van der Waals surface area contributed by atoms with Crippen molar-refractivity contribution in [2.24, 2.45) is 0 Å². The summed E-state index contributed by atoms with van der Waals surface area (Å²) in [6.45, 7) is 7.21. The third-order valence-corrected chi connectivity index (χ3v) is 2.98. The minimum absolute atomic E-state index is 0.374. The first-order valence-corrected chi connectivity index (χ1v) is 5.87. The summed E-state index contributed by atoms with van der Waals surface area (Å²) in [5.41, 5.74) is 2.98. The Morgan fingerprint density at radius 3 is 2.44 bits per heavy atom. The Morgan fingerprint density at radius 1 is 1.39 bits per heavy atom. The standard InChI is InChI=1S/C14H18O4/c1-5-12(14(16)17)18-13-9(3)6-8(2)11(7-15)10(13)4/h6-7,12H,5H2,1-4H3,(H,16,17). The first-order chi connectivity index (χ1) is 8.42. The fraction of sp³-hybridized carbons (Fsp3) is 0.429. The summed E-state index contributed by atoms with van der Waals surface area (Å²) < 4.78 is 5.53. The van der Waals surface area contributed by atoms with Crippen molar-refractivity contribution in [1.82, 2.24) is 0 Å². The van der Waals surface area contributed by atoms with Gasteiger partial charge in [-0.15, -0.1) is 0 Å². The van der Waals surface area contributed by atoms with E-state index in [1.807, 2.05) is 19.9 Å². The van der Waals surface area contributed by atoms with Crippen LogP contribution in [0.2, 0.25) is 0 Å². The number of rotatable bonds is 5. The van der Waals surface area contributed by atoms with Gasteiger partial charge < -0.3 is 9.84 Å². The Morgan fingerprint density at radius 2 is 2.00 bits per heavy atom. The Labute approximate surface area is 107 Å². The van der Waals surface area contributed by atoms with E-state index in [-0.39, 0.29) is 0 Å². The number of hydrogen-bond acceptors (Lipinski definition) is 3. The molecule has 4 nitrogen and oxygen atoms in total. The summed E-state index contributed by atoms with van der Waals surface area (Å²) in [5, 5.41) is 9.00. The third-order valence-electron chi connectivity index (χ3n) is 2.98. The van der Waals surface area contributed by atoms with Gasteiger partial charge in [-0.05, 0) is 38.3 Å². The van der Waals surface area contributed by atoms with E-state index in [1.165, 1.54) is 0 Å². The maximum absolute atomic E-state index is 11.0. The maximum atomic E-state index is 11.0. The van der Waals surface area contributed by atoms with Crippen molar-refractivity contribution in [3.8, 4) is 5.75 Å². The van der Waals surface area contributed by atoms with Crippen LogP contribution >= 0.6 is 0 Å². The lowest BCUT2D eigenvalue weighted by Gasteiger charge is -2.19. The van der Waals surface area contributed by atoms with Gasteiger partial charge in [0.15, 0.2) is 12.4 Å². The van der Waals surface area contributed by atoms with E-state index in [0.717, 1.165) is 17.4 Å². The number of carbonyl (C=O) groups is 2. The van der Waals surface area contributed by atoms with Gasteiger partial charge in [0.25, 0.3) is 0 Å². The molecule has 0 radical (unpaired) electrons. The second-order valence-electron chi connectivity index (χ2n) is 4.35. The summed E-state index contributed by atoms with van der Waals surface area (Å²) in [4.78, 5) is 22.0. The zero-order valence-corrected chi connectivity index (χ0v) is 11.1. The van der Waals surface area contributed by atoms with Gasteiger partial charge in [0, 0.05) is 11.1 Å². The molecule has 1 atom stereocenters. The van der Waals surface area contributed by atoms with Gasteiger partial charge in [-0.25, -0.2) is 4.79 Å². The highest BCUT2D eigenvalue weighted by atomic mass is 16.5. The molecule has 0 spiro atoms. The van der Waals surface area contributed by atoms with Crippen molar-refractivity contribution in [2.75, 3.05) is 0 Å². The summed E-state index contributed by atoms with van der Waals surface area (Å²) in [7, 11) is 0. The lowest BCUT2D eigenvalue weighted by atomic mass is 9.99. The van der Waals surface area contributed by atoms with Crippen LogP contribution < -0.4 is 4.74 Å². The second-order valence-corrected chi connectivity index (χ2v) is 4.35. The van der Waals surface area contributed by atoms with Crippen molar-refractivity contribution < 1.29 is 19.4 Å². The first-order valence-electron chi connectivity index (χ1n) is 5.87. The van der Waals surface area contributed by atoms with Crippen molar-refractivity contribution >= 4 is 12.3 Å². The normalized spacial score (nSPS) is 12.0. The Balaban J connectivity index is 3.24. The van der Waals surface area contributed by atoms with Crippen molar-refractivity contribution in [1.29, 1.82) is 0 Å². The number of carboxylic acid groups (broad SMARTS) is 1. The summed E-state index contributed by atoms with van der Waals surface area (Å²) >= 11 is 0. The van der Waals surface area contributed by atoms with E-state index in [2.05, 4.69) is 0 Å². The Hall–Kier alpha value is -1.84. The molecule has 0 aliphatic heterocycles. The number of aldehydes is 1. The van der Waals surface area contributed by atoms with E-state index in [1.54, 1.807) is 13.8 Å². The predicted octanol–water partition coefficient (Wildman–Crippen LogP) is 2.67. The van der Waals surface area contributed by atoms with E-state index in [0.29, 0.717) is 23.3 Å². The van der Waals surface area contributed by atoms with E-state index < -0.39 is 12.1 Å².